The van der Waals surface area contributed by atoms with E-state index in [1.54, 1.807) is 6.92 Å². The molecule has 0 aliphatic carbocycles. The summed E-state index contributed by atoms with van der Waals surface area (Å²) in [4.78, 5) is 14.7. The van der Waals surface area contributed by atoms with Crippen molar-refractivity contribution >= 4 is 40.2 Å². The maximum atomic E-state index is 12.9. The number of anilines is 1. The Bertz CT molecular complexity index is 1120. The number of rotatable bonds is 3. The number of fused-ring (bicyclic) bond motifs is 1. The normalized spacial score (nSPS) is 19.1. The predicted molar refractivity (Wildman–Crippen MR) is 130 cm³/mol. The summed E-state index contributed by atoms with van der Waals surface area (Å²) in [5.74, 6) is 0.721. The van der Waals surface area contributed by atoms with Crippen molar-refractivity contribution in [2.75, 3.05) is 36.5 Å². The highest BCUT2D eigenvalue weighted by molar-refractivity contribution is 7.91. The number of alkyl halides is 3. The van der Waals surface area contributed by atoms with Crippen molar-refractivity contribution in [3.8, 4) is 5.75 Å². The summed E-state index contributed by atoms with van der Waals surface area (Å²) in [5.41, 5.74) is 3.07. The van der Waals surface area contributed by atoms with Crippen LogP contribution in [0.2, 0.25) is 5.02 Å². The van der Waals surface area contributed by atoms with E-state index in [0.717, 1.165) is 5.69 Å². The average molecular weight is 529 g/mol. The van der Waals surface area contributed by atoms with Gasteiger partial charge >= 0.3 is 12.4 Å². The molecule has 1 N–H and O–H groups in total. The molecule has 1 unspecified atom stereocenters. The number of hydrogen-bond donors (Lipinski definition) is 1. The van der Waals surface area contributed by atoms with Gasteiger partial charge in [-0.2, -0.15) is 5.10 Å². The third-order valence-electron chi connectivity index (χ3n) is 5.88. The van der Waals surface area contributed by atoms with Crippen molar-refractivity contribution in [2.45, 2.75) is 25.7 Å². The molecule has 1 fully saturated rings. The molecule has 0 bridgehead atoms. The third-order valence-corrected chi connectivity index (χ3v) is 7.46. The molecule has 35 heavy (non-hydrogen) atoms. The second-order valence-electron chi connectivity index (χ2n) is 8.27. The number of hydrogen-bond acceptors (Lipinski definition) is 5. The van der Waals surface area contributed by atoms with Gasteiger partial charge in [0.15, 0.2) is 0 Å². The zero-order valence-corrected chi connectivity index (χ0v) is 20.6. The number of urea groups is 1. The van der Waals surface area contributed by atoms with Crippen LogP contribution in [0.4, 0.5) is 23.7 Å². The summed E-state index contributed by atoms with van der Waals surface area (Å²) < 4.78 is 54.4. The molecule has 2 amide bonds. The van der Waals surface area contributed by atoms with Crippen LogP contribution < -0.4 is 15.0 Å². The minimum absolute atomic E-state index is 0.215. The van der Waals surface area contributed by atoms with Crippen LogP contribution in [-0.4, -0.2) is 65.4 Å². The summed E-state index contributed by atoms with van der Waals surface area (Å²) >= 11 is 5.38. The van der Waals surface area contributed by atoms with Gasteiger partial charge < -0.3 is 19.5 Å². The van der Waals surface area contributed by atoms with E-state index >= 15 is 0 Å². The highest BCUT2D eigenvalue weighted by atomic mass is 35.5. The summed E-state index contributed by atoms with van der Waals surface area (Å²) in [5, 5.41) is 8.21. The Hall–Kier alpha value is -2.63. The van der Waals surface area contributed by atoms with E-state index in [1.165, 1.54) is 24.2 Å². The van der Waals surface area contributed by atoms with Crippen LogP contribution in [0.15, 0.2) is 41.5 Å². The molecular weight excluding hydrogens is 505 g/mol. The first-order chi connectivity index (χ1) is 16.6. The Morgan fingerprint density at radius 3 is 2.49 bits per heavy atom. The summed E-state index contributed by atoms with van der Waals surface area (Å²) in [6, 6.07) is 9.26. The van der Waals surface area contributed by atoms with Gasteiger partial charge in [0.1, 0.15) is 17.3 Å². The zero-order chi connectivity index (χ0) is 25.3. The monoisotopic (exact) mass is 528 g/mol. The molecule has 0 saturated carbocycles. The molecule has 2 aromatic rings. The molecular formula is C23H24ClF3N4O3S. The molecule has 2 aliphatic heterocycles. The van der Waals surface area contributed by atoms with Crippen LogP contribution >= 0.6 is 11.6 Å². The number of amides is 2. The van der Waals surface area contributed by atoms with E-state index in [0.29, 0.717) is 47.0 Å². The quantitative estimate of drug-likeness (QED) is 0.607. The van der Waals surface area contributed by atoms with Crippen molar-refractivity contribution in [3.63, 3.8) is 0 Å². The van der Waals surface area contributed by atoms with Gasteiger partial charge in [-0.3, -0.25) is 0 Å². The molecule has 0 aromatic heterocycles. The second-order valence-corrected chi connectivity index (χ2v) is 10.4. The molecule has 1 saturated heterocycles. The van der Waals surface area contributed by atoms with Crippen molar-refractivity contribution in [3.05, 3.63) is 58.1 Å². The van der Waals surface area contributed by atoms with Gasteiger partial charge in [0.2, 0.25) is 0 Å². The second kappa shape index (κ2) is 10.2. The lowest BCUT2D eigenvalue weighted by Gasteiger charge is -2.30. The largest absolute Gasteiger partial charge is 0.616 e. The first kappa shape index (κ1) is 25.5. The fourth-order valence-electron chi connectivity index (χ4n) is 4.15. The van der Waals surface area contributed by atoms with E-state index in [-0.39, 0.29) is 11.4 Å². The van der Waals surface area contributed by atoms with Crippen LogP contribution in [0.3, 0.4) is 0 Å². The molecule has 188 valence electrons. The van der Waals surface area contributed by atoms with E-state index < -0.39 is 35.4 Å². The van der Waals surface area contributed by atoms with Crippen molar-refractivity contribution in [1.29, 1.82) is 0 Å². The number of hydrazone groups is 1. The van der Waals surface area contributed by atoms with Crippen LogP contribution in [0.25, 0.3) is 0 Å². The Morgan fingerprint density at radius 2 is 1.89 bits per heavy atom. The number of nitrogens with one attached hydrogen (secondary N) is 1. The molecule has 1 atom stereocenters. The summed E-state index contributed by atoms with van der Waals surface area (Å²) in [7, 11) is 1.48. The molecule has 7 nitrogen and oxygen atoms in total. The van der Waals surface area contributed by atoms with Gasteiger partial charge in [-0.05, 0) is 43.2 Å². The Morgan fingerprint density at radius 1 is 1.23 bits per heavy atom. The van der Waals surface area contributed by atoms with Gasteiger partial charge in [0.05, 0.1) is 29.9 Å². The van der Waals surface area contributed by atoms with Gasteiger partial charge in [0.25, 0.3) is 0 Å². The minimum atomic E-state index is -4.89. The minimum Gasteiger partial charge on any atom is -0.616 e. The fourth-order valence-corrected chi connectivity index (χ4v) is 5.41. The van der Waals surface area contributed by atoms with Crippen molar-refractivity contribution < 1.29 is 27.3 Å². The number of nitrogens with zero attached hydrogens (tertiary/aromatic N) is 3. The molecule has 2 heterocycles. The van der Waals surface area contributed by atoms with Gasteiger partial charge in [-0.25, -0.2) is 9.80 Å². The van der Waals surface area contributed by atoms with Gasteiger partial charge in [-0.1, -0.05) is 34.9 Å². The highest BCUT2D eigenvalue weighted by Gasteiger charge is 2.34. The molecule has 2 aliphatic rings. The zero-order valence-electron chi connectivity index (χ0n) is 19.1. The van der Waals surface area contributed by atoms with Crippen LogP contribution in [-0.2, 0) is 17.6 Å². The summed E-state index contributed by atoms with van der Waals surface area (Å²) in [6.07, 6.45) is -4.65. The smallest absolute Gasteiger partial charge is 0.573 e. The third kappa shape index (κ3) is 5.79. The van der Waals surface area contributed by atoms with Crippen molar-refractivity contribution in [2.24, 2.45) is 5.10 Å². The standard InChI is InChI=1S/C23H24ClF3N4O3S/c1-14-11-16-12-20(34-23(25,26)27)19(24)13-18(16)21(29-31(14)22(32)28-2)15-3-5-17(6-4-15)30-7-9-35(33)10-8-30/h3-6,12-14H,7-11H2,1-2H3,(H,28,32). The lowest BCUT2D eigenvalue weighted by Crippen LogP contribution is -2.41. The number of carbonyl (C=O) groups is 1. The maximum Gasteiger partial charge on any atom is 0.573 e. The van der Waals surface area contributed by atoms with Crippen LogP contribution in [0.5, 0.6) is 5.75 Å². The van der Waals surface area contributed by atoms with Crippen molar-refractivity contribution in [1.82, 2.24) is 10.3 Å². The summed E-state index contributed by atoms with van der Waals surface area (Å²) in [6.45, 7) is 3.14. The predicted octanol–water partition coefficient (Wildman–Crippen LogP) is 4.15. The molecule has 2 aromatic carbocycles. The van der Waals surface area contributed by atoms with E-state index in [4.69, 9.17) is 11.6 Å². The fraction of sp³-hybridized carbons (Fsp3) is 0.391. The highest BCUT2D eigenvalue weighted by Crippen LogP contribution is 2.36. The Kier molecular flexibility index (Phi) is 7.39. The molecule has 4 rings (SSSR count). The first-order valence-corrected chi connectivity index (χ1v) is 12.8. The molecule has 12 heteroatoms. The lowest BCUT2D eigenvalue weighted by atomic mass is 9.94. The van der Waals surface area contributed by atoms with Crippen LogP contribution in [0, 0.1) is 0 Å². The number of benzene rings is 2. The number of carbonyl (C=O) groups excluding carboxylic acids is 1. The molecule has 0 radical (unpaired) electrons. The maximum absolute atomic E-state index is 12.9. The Balaban J connectivity index is 1.76. The van der Waals surface area contributed by atoms with E-state index in [9.17, 15) is 22.5 Å². The number of ether oxygens (including phenoxy) is 1. The lowest BCUT2D eigenvalue weighted by molar-refractivity contribution is -0.274. The van der Waals surface area contributed by atoms with Gasteiger partial charge in [0, 0.05) is 23.9 Å². The van der Waals surface area contributed by atoms with E-state index in [1.807, 2.05) is 24.3 Å². The van der Waals surface area contributed by atoms with Gasteiger partial charge in [-0.15, -0.1) is 13.2 Å². The molecule has 0 spiro atoms. The number of halogens is 4. The first-order valence-electron chi connectivity index (χ1n) is 10.9. The van der Waals surface area contributed by atoms with Crippen LogP contribution in [0.1, 0.15) is 23.6 Å². The van der Waals surface area contributed by atoms with E-state index in [2.05, 4.69) is 20.1 Å². The topological polar surface area (TPSA) is 80.2 Å². The Labute approximate surface area is 209 Å². The average Bonchev–Trinajstić information content (AvgIpc) is 2.94. The SMILES string of the molecule is CNC(=O)N1N=C(c2ccc(N3CC[S+]([O-])CC3)cc2)c2cc(Cl)c(OC(F)(F)F)cc2CC1C.